The Hall–Kier alpha value is -1.92. The predicted octanol–water partition coefficient (Wildman–Crippen LogP) is 4.21. The van der Waals surface area contributed by atoms with Gasteiger partial charge < -0.3 is 4.52 Å². The van der Waals surface area contributed by atoms with Crippen LogP contribution in [0.5, 0.6) is 0 Å². The van der Waals surface area contributed by atoms with Gasteiger partial charge in [0.1, 0.15) is 0 Å². The summed E-state index contributed by atoms with van der Waals surface area (Å²) in [4.78, 5) is 8.19. The van der Waals surface area contributed by atoms with Crippen molar-refractivity contribution in [3.63, 3.8) is 0 Å². The fourth-order valence-corrected chi connectivity index (χ4v) is 4.26. The first-order valence-electron chi connectivity index (χ1n) is 7.85. The van der Waals surface area contributed by atoms with Crippen molar-refractivity contribution in [1.29, 1.82) is 0 Å². The van der Waals surface area contributed by atoms with E-state index < -0.39 is 18.0 Å². The molecule has 3 aliphatic rings. The lowest BCUT2D eigenvalue weighted by Gasteiger charge is -2.47. The zero-order valence-corrected chi connectivity index (χ0v) is 12.3. The first-order valence-corrected chi connectivity index (χ1v) is 7.85. The third kappa shape index (κ3) is 2.52. The van der Waals surface area contributed by atoms with E-state index in [0.29, 0.717) is 24.2 Å². The molecule has 7 heteroatoms. The van der Waals surface area contributed by atoms with Gasteiger partial charge in [-0.2, -0.15) is 18.2 Å². The fourth-order valence-electron chi connectivity index (χ4n) is 4.26. The van der Waals surface area contributed by atoms with Crippen LogP contribution in [-0.2, 0) is 0 Å². The summed E-state index contributed by atoms with van der Waals surface area (Å²) in [5.41, 5.74) is 0.694. The van der Waals surface area contributed by atoms with Gasteiger partial charge in [0.05, 0.1) is 11.8 Å². The standard InChI is InChI=1S/C16H16F3N3O/c17-16(18,19)13-10-3-1-9(2-4-10)12(13)15-21-14(22-23-15)11-5-7-20-8-6-11/h5-10,12-13H,1-4H2/t9?,10?,12-,13-/m0/s1. The Morgan fingerprint density at radius 3 is 2.30 bits per heavy atom. The van der Waals surface area contributed by atoms with Gasteiger partial charge in [-0.1, -0.05) is 5.16 Å². The molecule has 3 aliphatic carbocycles. The Morgan fingerprint density at radius 1 is 1.00 bits per heavy atom. The Bertz CT molecular complexity index is 677. The Labute approximate surface area is 131 Å². The summed E-state index contributed by atoms with van der Waals surface area (Å²) < 4.78 is 46.0. The summed E-state index contributed by atoms with van der Waals surface area (Å²) in [5.74, 6) is -1.94. The SMILES string of the molecule is FC(F)(F)[C@H]1C2CCC(CC2)[C@@H]1c1nc(-c2ccncc2)no1. The summed E-state index contributed by atoms with van der Waals surface area (Å²) in [6, 6.07) is 3.42. The number of rotatable bonds is 2. The minimum Gasteiger partial charge on any atom is -0.339 e. The monoisotopic (exact) mass is 323 g/mol. The van der Waals surface area contributed by atoms with Gasteiger partial charge in [0.25, 0.3) is 0 Å². The fraction of sp³-hybridized carbons (Fsp3) is 0.562. The number of hydrogen-bond donors (Lipinski definition) is 0. The maximum Gasteiger partial charge on any atom is 0.392 e. The molecule has 23 heavy (non-hydrogen) atoms. The summed E-state index contributed by atoms with van der Waals surface area (Å²) in [6.45, 7) is 0. The van der Waals surface area contributed by atoms with Gasteiger partial charge in [-0.25, -0.2) is 0 Å². The molecule has 0 radical (unpaired) electrons. The zero-order valence-electron chi connectivity index (χ0n) is 12.3. The van der Waals surface area contributed by atoms with E-state index in [-0.39, 0.29) is 17.7 Å². The van der Waals surface area contributed by atoms with Crippen LogP contribution in [-0.4, -0.2) is 21.3 Å². The van der Waals surface area contributed by atoms with E-state index >= 15 is 0 Å². The number of aromatic nitrogens is 3. The lowest BCUT2D eigenvalue weighted by atomic mass is 9.58. The van der Waals surface area contributed by atoms with Crippen LogP contribution >= 0.6 is 0 Å². The molecule has 0 unspecified atom stereocenters. The highest BCUT2D eigenvalue weighted by atomic mass is 19.4. The van der Waals surface area contributed by atoms with Crippen molar-refractivity contribution in [3.05, 3.63) is 30.4 Å². The maximum absolute atomic E-state index is 13.6. The zero-order chi connectivity index (χ0) is 16.0. The highest BCUT2D eigenvalue weighted by Gasteiger charge is 2.57. The number of nitrogens with zero attached hydrogens (tertiary/aromatic N) is 3. The first-order chi connectivity index (χ1) is 11.0. The molecule has 2 bridgehead atoms. The first kappa shape index (κ1) is 14.7. The minimum absolute atomic E-state index is 0.0163. The lowest BCUT2D eigenvalue weighted by Crippen LogP contribution is -2.46. The third-order valence-corrected chi connectivity index (χ3v) is 5.26. The van der Waals surface area contributed by atoms with Crippen LogP contribution < -0.4 is 0 Å². The molecule has 3 fully saturated rings. The lowest BCUT2D eigenvalue weighted by molar-refractivity contribution is -0.219. The molecule has 122 valence electrons. The molecule has 2 heterocycles. The molecule has 2 atom stereocenters. The molecule has 0 amide bonds. The summed E-state index contributed by atoms with van der Waals surface area (Å²) in [7, 11) is 0. The van der Waals surface area contributed by atoms with E-state index in [1.807, 2.05) is 0 Å². The van der Waals surface area contributed by atoms with Gasteiger partial charge in [0, 0.05) is 18.0 Å². The summed E-state index contributed by atoms with van der Waals surface area (Å²) in [6.07, 6.45) is 1.88. The van der Waals surface area contributed by atoms with Gasteiger partial charge in [-0.15, -0.1) is 0 Å². The summed E-state index contributed by atoms with van der Waals surface area (Å²) in [5, 5.41) is 3.88. The van der Waals surface area contributed by atoms with Crippen molar-refractivity contribution in [2.45, 2.75) is 37.8 Å². The average Bonchev–Trinajstić information content (AvgIpc) is 3.05. The highest BCUT2D eigenvalue weighted by Crippen LogP contribution is 2.58. The Balaban J connectivity index is 1.70. The van der Waals surface area contributed by atoms with Crippen molar-refractivity contribution in [2.75, 3.05) is 0 Å². The molecular formula is C16H16F3N3O. The van der Waals surface area contributed by atoms with Gasteiger partial charge in [0.15, 0.2) is 0 Å². The van der Waals surface area contributed by atoms with Crippen molar-refractivity contribution in [2.24, 2.45) is 17.8 Å². The maximum atomic E-state index is 13.6. The molecule has 0 spiro atoms. The average molecular weight is 323 g/mol. The Kier molecular flexibility index (Phi) is 3.39. The van der Waals surface area contributed by atoms with Gasteiger partial charge in [-0.05, 0) is 49.7 Å². The van der Waals surface area contributed by atoms with Crippen LogP contribution in [0.2, 0.25) is 0 Å². The van der Waals surface area contributed by atoms with Crippen LogP contribution in [0.1, 0.15) is 37.5 Å². The van der Waals surface area contributed by atoms with Gasteiger partial charge in [0.2, 0.25) is 11.7 Å². The molecule has 0 N–H and O–H groups in total. The molecule has 0 aromatic carbocycles. The van der Waals surface area contributed by atoms with Crippen LogP contribution in [0.3, 0.4) is 0 Å². The molecule has 5 rings (SSSR count). The highest BCUT2D eigenvalue weighted by molar-refractivity contribution is 5.52. The third-order valence-electron chi connectivity index (χ3n) is 5.26. The normalized spacial score (nSPS) is 30.6. The van der Waals surface area contributed by atoms with Crippen molar-refractivity contribution in [3.8, 4) is 11.4 Å². The number of alkyl halides is 3. The van der Waals surface area contributed by atoms with Crippen LogP contribution in [0.15, 0.2) is 29.0 Å². The molecule has 2 aromatic heterocycles. The molecular weight excluding hydrogens is 307 g/mol. The molecule has 4 nitrogen and oxygen atoms in total. The van der Waals surface area contributed by atoms with E-state index in [1.54, 1.807) is 24.5 Å². The summed E-state index contributed by atoms with van der Waals surface area (Å²) >= 11 is 0. The van der Waals surface area contributed by atoms with E-state index in [2.05, 4.69) is 15.1 Å². The molecule has 0 saturated heterocycles. The van der Waals surface area contributed by atoms with Crippen molar-refractivity contribution >= 4 is 0 Å². The molecule has 2 aromatic rings. The number of hydrogen-bond acceptors (Lipinski definition) is 4. The van der Waals surface area contributed by atoms with Gasteiger partial charge in [-0.3, -0.25) is 4.98 Å². The van der Waals surface area contributed by atoms with E-state index in [1.165, 1.54) is 0 Å². The minimum atomic E-state index is -4.22. The van der Waals surface area contributed by atoms with Crippen LogP contribution in [0.25, 0.3) is 11.4 Å². The van der Waals surface area contributed by atoms with Crippen molar-refractivity contribution < 1.29 is 17.7 Å². The second kappa shape index (κ2) is 5.32. The predicted molar refractivity (Wildman–Crippen MR) is 75.3 cm³/mol. The molecule has 3 saturated carbocycles. The smallest absolute Gasteiger partial charge is 0.339 e. The number of pyridine rings is 1. The van der Waals surface area contributed by atoms with Crippen molar-refractivity contribution in [1.82, 2.24) is 15.1 Å². The topological polar surface area (TPSA) is 51.8 Å². The van der Waals surface area contributed by atoms with E-state index in [0.717, 1.165) is 12.8 Å². The number of fused-ring (bicyclic) bond motifs is 3. The van der Waals surface area contributed by atoms with Crippen LogP contribution in [0.4, 0.5) is 13.2 Å². The van der Waals surface area contributed by atoms with Gasteiger partial charge >= 0.3 is 6.18 Å². The Morgan fingerprint density at radius 2 is 1.65 bits per heavy atom. The second-order valence-corrected chi connectivity index (χ2v) is 6.46. The quantitative estimate of drug-likeness (QED) is 0.830. The molecule has 0 aliphatic heterocycles. The van der Waals surface area contributed by atoms with Crippen LogP contribution in [0, 0.1) is 17.8 Å². The van der Waals surface area contributed by atoms with E-state index in [4.69, 9.17) is 4.52 Å². The largest absolute Gasteiger partial charge is 0.392 e. The van der Waals surface area contributed by atoms with E-state index in [9.17, 15) is 13.2 Å². The second-order valence-electron chi connectivity index (χ2n) is 6.46. The number of halogens is 3.